The minimum atomic E-state index is -1.60. The molecule has 2 aliphatic carbocycles. The zero-order valence-electron chi connectivity index (χ0n) is 14.9. The van der Waals surface area contributed by atoms with Crippen molar-refractivity contribution >= 4 is 52.6 Å². The Morgan fingerprint density at radius 1 is 1.12 bits per heavy atom. The fourth-order valence-corrected chi connectivity index (χ4v) is 10.1. The van der Waals surface area contributed by atoms with Crippen molar-refractivity contribution in [3.8, 4) is 0 Å². The highest BCUT2D eigenvalue weighted by molar-refractivity contribution is 9.10. The molecular weight excluding hydrogens is 392 g/mol. The van der Waals surface area contributed by atoms with Crippen LogP contribution in [0.3, 0.4) is 0 Å². The highest BCUT2D eigenvalue weighted by Gasteiger charge is 2.37. The Labute approximate surface area is 158 Å². The molecular formula is C21H23BrSSi. The van der Waals surface area contributed by atoms with Gasteiger partial charge in [0.1, 0.15) is 0 Å². The fourth-order valence-electron chi connectivity index (χ4n) is 4.37. The molecule has 1 unspecified atom stereocenters. The minimum absolute atomic E-state index is 0.582. The molecule has 0 saturated carbocycles. The third-order valence-corrected chi connectivity index (χ3v) is 11.9. The Hall–Kier alpha value is -0.773. The predicted octanol–water partition coefficient (Wildman–Crippen LogP) is 5.43. The van der Waals surface area contributed by atoms with E-state index in [4.69, 9.17) is 0 Å². The predicted molar refractivity (Wildman–Crippen MR) is 114 cm³/mol. The number of fused-ring (bicyclic) bond motifs is 2. The average molecular weight is 415 g/mol. The number of hydrogen-bond acceptors (Lipinski definition) is 1. The maximum atomic E-state index is 3.95. The van der Waals surface area contributed by atoms with Crippen molar-refractivity contribution in [2.75, 3.05) is 0 Å². The van der Waals surface area contributed by atoms with E-state index in [1.807, 2.05) is 11.8 Å². The van der Waals surface area contributed by atoms with Crippen molar-refractivity contribution < 1.29 is 0 Å². The van der Waals surface area contributed by atoms with Gasteiger partial charge in [-0.15, -0.1) is 11.8 Å². The zero-order valence-corrected chi connectivity index (χ0v) is 18.3. The molecule has 124 valence electrons. The topological polar surface area (TPSA) is 0 Å². The molecule has 1 aliphatic heterocycles. The van der Waals surface area contributed by atoms with E-state index < -0.39 is 8.07 Å². The van der Waals surface area contributed by atoms with Crippen LogP contribution in [0.1, 0.15) is 26.3 Å². The molecule has 3 heteroatoms. The highest BCUT2D eigenvalue weighted by Crippen LogP contribution is 2.41. The van der Waals surface area contributed by atoms with E-state index in [2.05, 4.69) is 86.2 Å². The Kier molecular flexibility index (Phi) is 3.90. The van der Waals surface area contributed by atoms with Crippen LogP contribution < -0.4 is 10.4 Å². The molecule has 3 aliphatic rings. The van der Waals surface area contributed by atoms with Gasteiger partial charge in [-0.3, -0.25) is 0 Å². The summed E-state index contributed by atoms with van der Waals surface area (Å²) < 4.78 is 1.31. The Bertz CT molecular complexity index is 951. The van der Waals surface area contributed by atoms with Gasteiger partial charge in [0.15, 0.2) is 0 Å². The van der Waals surface area contributed by atoms with Crippen molar-refractivity contribution in [3.63, 3.8) is 0 Å². The second-order valence-electron chi connectivity index (χ2n) is 7.69. The second kappa shape index (κ2) is 5.62. The molecule has 0 nitrogen and oxygen atoms in total. The fraction of sp³-hybridized carbons (Fsp3) is 0.333. The van der Waals surface area contributed by atoms with Crippen molar-refractivity contribution in [1.82, 2.24) is 0 Å². The molecule has 0 spiro atoms. The van der Waals surface area contributed by atoms with Crippen LogP contribution in [0.5, 0.6) is 0 Å². The summed E-state index contributed by atoms with van der Waals surface area (Å²) in [5.74, 6) is 0. The summed E-state index contributed by atoms with van der Waals surface area (Å²) in [5.41, 5.74) is 4.98. The van der Waals surface area contributed by atoms with Gasteiger partial charge in [-0.2, -0.15) is 0 Å². The number of thioether (sulfide) groups is 1. The Morgan fingerprint density at radius 2 is 1.79 bits per heavy atom. The second-order valence-corrected chi connectivity index (χ2v) is 14.5. The van der Waals surface area contributed by atoms with Gasteiger partial charge in [-0.25, -0.2) is 0 Å². The van der Waals surface area contributed by atoms with E-state index in [-0.39, 0.29) is 0 Å². The van der Waals surface area contributed by atoms with E-state index >= 15 is 0 Å². The number of benzene rings is 1. The first-order valence-electron chi connectivity index (χ1n) is 8.60. The van der Waals surface area contributed by atoms with Gasteiger partial charge in [0.2, 0.25) is 0 Å². The summed E-state index contributed by atoms with van der Waals surface area (Å²) in [4.78, 5) is 1.45. The summed E-state index contributed by atoms with van der Waals surface area (Å²) in [5, 5.41) is 5.15. The van der Waals surface area contributed by atoms with Gasteiger partial charge in [-0.05, 0) is 64.3 Å². The van der Waals surface area contributed by atoms with Crippen molar-refractivity contribution in [2.24, 2.45) is 0 Å². The van der Waals surface area contributed by atoms with Crippen LogP contribution in [0.4, 0.5) is 0 Å². The number of rotatable bonds is 2. The van der Waals surface area contributed by atoms with Crippen LogP contribution in [-0.2, 0) is 0 Å². The number of hydrogen-bond donors (Lipinski definition) is 0. The first kappa shape index (κ1) is 16.7. The van der Waals surface area contributed by atoms with E-state index in [1.165, 1.54) is 36.5 Å². The van der Waals surface area contributed by atoms with Gasteiger partial charge >= 0.3 is 0 Å². The molecule has 0 saturated heterocycles. The van der Waals surface area contributed by atoms with E-state index in [9.17, 15) is 0 Å². The van der Waals surface area contributed by atoms with E-state index in [0.29, 0.717) is 10.8 Å². The van der Waals surface area contributed by atoms with Crippen LogP contribution in [0, 0.1) is 0 Å². The van der Waals surface area contributed by atoms with E-state index in [0.717, 1.165) is 0 Å². The van der Waals surface area contributed by atoms with Gasteiger partial charge in [0.05, 0.1) is 8.07 Å². The van der Waals surface area contributed by atoms with Gasteiger partial charge < -0.3 is 0 Å². The summed E-state index contributed by atoms with van der Waals surface area (Å²) in [7, 11) is -1.60. The molecule has 4 rings (SSSR count). The molecule has 1 aromatic rings. The zero-order chi connectivity index (χ0) is 17.2. The van der Waals surface area contributed by atoms with Crippen molar-refractivity contribution in [1.29, 1.82) is 0 Å². The SMILES string of the molecule is CC1=Cc2c(Br)c3c(cc2=C1[Si](C)(C)C1C=CC=C1)SC(C)C=3C. The monoisotopic (exact) mass is 414 g/mol. The maximum absolute atomic E-state index is 3.95. The lowest BCUT2D eigenvalue weighted by atomic mass is 10.1. The smallest absolute Gasteiger partial charge is 0.0923 e. The summed E-state index contributed by atoms with van der Waals surface area (Å²) in [6.45, 7) is 11.9. The molecule has 0 fully saturated rings. The lowest BCUT2D eigenvalue weighted by molar-refractivity contribution is 1.24. The number of allylic oxidation sites excluding steroid dienone is 5. The van der Waals surface area contributed by atoms with E-state index in [1.54, 1.807) is 5.20 Å². The molecule has 0 radical (unpaired) electrons. The average Bonchev–Trinajstić information content (AvgIpc) is 3.19. The van der Waals surface area contributed by atoms with Crippen molar-refractivity contribution in [3.05, 3.63) is 56.4 Å². The molecule has 0 amide bonds. The quantitative estimate of drug-likeness (QED) is 0.581. The van der Waals surface area contributed by atoms with Crippen LogP contribution >= 0.6 is 27.7 Å². The van der Waals surface area contributed by atoms with Crippen LogP contribution in [0.25, 0.3) is 16.8 Å². The molecule has 0 bridgehead atoms. The van der Waals surface area contributed by atoms with Gasteiger partial charge in [-0.1, -0.05) is 54.6 Å². The maximum Gasteiger partial charge on any atom is 0.0923 e. The van der Waals surface area contributed by atoms with Crippen LogP contribution in [0.2, 0.25) is 18.6 Å². The van der Waals surface area contributed by atoms with Crippen LogP contribution in [-0.4, -0.2) is 13.3 Å². The largest absolute Gasteiger partial charge is 0.118 e. The molecule has 1 atom stereocenters. The summed E-state index contributed by atoms with van der Waals surface area (Å²) >= 11 is 5.96. The molecule has 24 heavy (non-hydrogen) atoms. The lowest BCUT2D eigenvalue weighted by Gasteiger charge is -2.30. The third-order valence-electron chi connectivity index (χ3n) is 5.83. The normalized spacial score (nSPS) is 22.4. The Balaban J connectivity index is 2.03. The first-order chi connectivity index (χ1) is 11.3. The van der Waals surface area contributed by atoms with Crippen LogP contribution in [0.15, 0.2) is 45.3 Å². The molecule has 0 N–H and O–H groups in total. The lowest BCUT2D eigenvalue weighted by Crippen LogP contribution is -2.36. The van der Waals surface area contributed by atoms with Crippen molar-refractivity contribution in [2.45, 2.75) is 49.6 Å². The Morgan fingerprint density at radius 3 is 2.46 bits per heavy atom. The molecule has 1 heterocycles. The minimum Gasteiger partial charge on any atom is -0.118 e. The molecule has 1 aromatic carbocycles. The van der Waals surface area contributed by atoms with Gasteiger partial charge in [0.25, 0.3) is 0 Å². The number of halogens is 1. The highest BCUT2D eigenvalue weighted by atomic mass is 79.9. The summed E-state index contributed by atoms with van der Waals surface area (Å²) in [6.07, 6.45) is 11.6. The third kappa shape index (κ3) is 2.24. The molecule has 0 aromatic heterocycles. The summed E-state index contributed by atoms with van der Waals surface area (Å²) in [6, 6.07) is 2.48. The van der Waals surface area contributed by atoms with Gasteiger partial charge in [0, 0.05) is 19.8 Å². The standard InChI is InChI=1S/C21H23BrSSi/c1-12-10-16-17(21(12)24(4,5)15-8-6-7-9-15)11-18-19(20(16)22)13(2)14(3)23-18/h6-11,14-15H,1-5H3. The first-order valence-corrected chi connectivity index (χ1v) is 13.4.